The maximum Gasteiger partial charge on any atom is 0.157 e. The number of aromatic nitrogens is 1. The molecule has 22 heavy (non-hydrogen) atoms. The first-order chi connectivity index (χ1) is 10.9. The summed E-state index contributed by atoms with van der Waals surface area (Å²) in [4.78, 5) is 15.5. The third-order valence-corrected chi connectivity index (χ3v) is 4.55. The van der Waals surface area contributed by atoms with Gasteiger partial charge >= 0.3 is 0 Å². The van der Waals surface area contributed by atoms with E-state index < -0.39 is 0 Å². The van der Waals surface area contributed by atoms with Gasteiger partial charge in [0.2, 0.25) is 0 Å². The van der Waals surface area contributed by atoms with Crippen LogP contribution in [0, 0.1) is 0 Å². The molecule has 0 atom stereocenters. The van der Waals surface area contributed by atoms with E-state index in [0.29, 0.717) is 11.5 Å². The van der Waals surface area contributed by atoms with Crippen molar-refractivity contribution in [1.29, 1.82) is 0 Å². The first-order valence-electron chi connectivity index (χ1n) is 7.80. The summed E-state index contributed by atoms with van der Waals surface area (Å²) in [5.41, 5.74) is 3.57. The Bertz CT molecular complexity index is 814. The molecule has 3 heteroatoms. The Balaban J connectivity index is 1.97. The van der Waals surface area contributed by atoms with Crippen molar-refractivity contribution in [3.8, 4) is 11.5 Å². The lowest BCUT2D eigenvalue weighted by atomic mass is 9.93. The highest BCUT2D eigenvalue weighted by atomic mass is 16.3. The van der Waals surface area contributed by atoms with E-state index in [2.05, 4.69) is 4.98 Å². The molecule has 1 saturated carbocycles. The van der Waals surface area contributed by atoms with Crippen LogP contribution in [0.5, 0.6) is 0 Å². The molecule has 1 aliphatic carbocycles. The Labute approximate surface area is 129 Å². The molecule has 0 aliphatic heterocycles. The molecule has 0 unspecified atom stereocenters. The molecule has 0 amide bonds. The topological polar surface area (TPSA) is 43.1 Å². The van der Waals surface area contributed by atoms with Gasteiger partial charge in [0.05, 0.1) is 0 Å². The number of furan rings is 1. The second-order valence-electron chi connectivity index (χ2n) is 5.91. The van der Waals surface area contributed by atoms with Crippen LogP contribution in [0.1, 0.15) is 47.5 Å². The van der Waals surface area contributed by atoms with Crippen LogP contribution >= 0.6 is 0 Å². The summed E-state index contributed by atoms with van der Waals surface area (Å²) in [5.74, 6) is 1.39. The molecular weight excluding hydrogens is 274 g/mol. The van der Waals surface area contributed by atoms with Gasteiger partial charge in [-0.3, -0.25) is 9.78 Å². The largest absolute Gasteiger partial charge is 0.454 e. The predicted molar refractivity (Wildman–Crippen MR) is 86.0 cm³/mol. The van der Waals surface area contributed by atoms with Crippen molar-refractivity contribution in [2.24, 2.45) is 0 Å². The molecule has 0 saturated heterocycles. The number of carbonyl (C=O) groups excluding carboxylic acids is 1. The summed E-state index contributed by atoms with van der Waals surface area (Å²) in [6, 6.07) is 11.6. The van der Waals surface area contributed by atoms with Gasteiger partial charge in [0.1, 0.15) is 17.6 Å². The molecule has 4 rings (SSSR count). The third kappa shape index (κ3) is 2.13. The quantitative estimate of drug-likeness (QED) is 0.640. The molecule has 1 aliphatic rings. The summed E-state index contributed by atoms with van der Waals surface area (Å²) >= 11 is 0. The standard InChI is InChI=1S/C19H17NO2/c21-12-13-8-9-15-17(11-13)22-19(16-7-3-4-10-20-16)18(15)14-5-1-2-6-14/h3-4,7-12,14H,1-2,5-6H2. The van der Waals surface area contributed by atoms with Gasteiger partial charge in [-0.1, -0.05) is 31.0 Å². The molecule has 0 spiro atoms. The van der Waals surface area contributed by atoms with Gasteiger partial charge in [-0.15, -0.1) is 0 Å². The zero-order valence-electron chi connectivity index (χ0n) is 12.3. The fraction of sp³-hybridized carbons (Fsp3) is 0.263. The van der Waals surface area contributed by atoms with Crippen molar-refractivity contribution in [2.75, 3.05) is 0 Å². The molecular formula is C19H17NO2. The number of nitrogens with zero attached hydrogens (tertiary/aromatic N) is 1. The van der Waals surface area contributed by atoms with E-state index in [-0.39, 0.29) is 0 Å². The van der Waals surface area contributed by atoms with E-state index in [1.165, 1.54) is 31.2 Å². The van der Waals surface area contributed by atoms with Gasteiger partial charge < -0.3 is 4.42 Å². The predicted octanol–water partition coefficient (Wildman–Crippen LogP) is 4.96. The van der Waals surface area contributed by atoms with Crippen LogP contribution in [0.4, 0.5) is 0 Å². The van der Waals surface area contributed by atoms with E-state index in [1.807, 2.05) is 36.4 Å². The van der Waals surface area contributed by atoms with Crippen molar-refractivity contribution in [1.82, 2.24) is 4.98 Å². The number of fused-ring (bicyclic) bond motifs is 1. The molecule has 2 aromatic heterocycles. The minimum atomic E-state index is 0.528. The van der Waals surface area contributed by atoms with Crippen LogP contribution in [0.2, 0.25) is 0 Å². The maximum atomic E-state index is 11.0. The summed E-state index contributed by atoms with van der Waals surface area (Å²) in [5, 5.41) is 1.12. The van der Waals surface area contributed by atoms with E-state index in [9.17, 15) is 4.79 Å². The SMILES string of the molecule is O=Cc1ccc2c(C3CCCC3)c(-c3ccccn3)oc2c1. The van der Waals surface area contributed by atoms with Gasteiger partial charge in [0.15, 0.2) is 5.76 Å². The Kier molecular flexibility index (Phi) is 3.26. The molecule has 110 valence electrons. The third-order valence-electron chi connectivity index (χ3n) is 4.55. The van der Waals surface area contributed by atoms with Crippen LogP contribution in [0.15, 0.2) is 47.0 Å². The Morgan fingerprint density at radius 2 is 2.00 bits per heavy atom. The van der Waals surface area contributed by atoms with Gasteiger partial charge in [-0.25, -0.2) is 0 Å². The van der Waals surface area contributed by atoms with E-state index in [1.54, 1.807) is 6.20 Å². The smallest absolute Gasteiger partial charge is 0.157 e. The number of benzene rings is 1. The average molecular weight is 291 g/mol. The minimum Gasteiger partial charge on any atom is -0.454 e. The van der Waals surface area contributed by atoms with Gasteiger partial charge in [0.25, 0.3) is 0 Å². The summed E-state index contributed by atoms with van der Waals surface area (Å²) < 4.78 is 6.12. The molecule has 2 heterocycles. The van der Waals surface area contributed by atoms with Crippen molar-refractivity contribution >= 4 is 17.3 Å². The zero-order valence-corrected chi connectivity index (χ0v) is 12.3. The Hall–Kier alpha value is -2.42. The second kappa shape index (κ2) is 5.41. The van der Waals surface area contributed by atoms with Crippen LogP contribution < -0.4 is 0 Å². The van der Waals surface area contributed by atoms with Gasteiger partial charge in [0, 0.05) is 22.7 Å². The molecule has 1 fully saturated rings. The van der Waals surface area contributed by atoms with Crippen molar-refractivity contribution in [3.63, 3.8) is 0 Å². The van der Waals surface area contributed by atoms with E-state index in [4.69, 9.17) is 4.42 Å². The summed E-state index contributed by atoms with van der Waals surface area (Å²) in [6.45, 7) is 0. The number of aldehydes is 1. The normalized spacial score (nSPS) is 15.5. The number of pyridine rings is 1. The fourth-order valence-electron chi connectivity index (χ4n) is 3.51. The fourth-order valence-corrected chi connectivity index (χ4v) is 3.51. The van der Waals surface area contributed by atoms with Crippen LogP contribution in [-0.2, 0) is 0 Å². The van der Waals surface area contributed by atoms with Crippen LogP contribution in [-0.4, -0.2) is 11.3 Å². The van der Waals surface area contributed by atoms with E-state index in [0.717, 1.165) is 28.7 Å². The maximum absolute atomic E-state index is 11.0. The lowest BCUT2D eigenvalue weighted by Crippen LogP contribution is -1.94. The van der Waals surface area contributed by atoms with Crippen LogP contribution in [0.25, 0.3) is 22.4 Å². The van der Waals surface area contributed by atoms with Gasteiger partial charge in [-0.2, -0.15) is 0 Å². The molecule has 0 N–H and O–H groups in total. The average Bonchev–Trinajstić information content (AvgIpc) is 3.21. The highest BCUT2D eigenvalue weighted by Crippen LogP contribution is 2.44. The number of rotatable bonds is 3. The highest BCUT2D eigenvalue weighted by molar-refractivity contribution is 5.92. The molecule has 0 radical (unpaired) electrons. The number of hydrogen-bond donors (Lipinski definition) is 0. The Morgan fingerprint density at radius 1 is 1.14 bits per heavy atom. The zero-order chi connectivity index (χ0) is 14.9. The monoisotopic (exact) mass is 291 g/mol. The second-order valence-corrected chi connectivity index (χ2v) is 5.91. The lowest BCUT2D eigenvalue weighted by molar-refractivity contribution is 0.112. The number of hydrogen-bond acceptors (Lipinski definition) is 3. The van der Waals surface area contributed by atoms with Crippen molar-refractivity contribution in [3.05, 3.63) is 53.7 Å². The van der Waals surface area contributed by atoms with Crippen molar-refractivity contribution < 1.29 is 9.21 Å². The highest BCUT2D eigenvalue weighted by Gasteiger charge is 2.26. The summed E-state index contributed by atoms with van der Waals surface area (Å²) in [7, 11) is 0. The summed E-state index contributed by atoms with van der Waals surface area (Å²) in [6.07, 6.45) is 7.58. The first-order valence-corrected chi connectivity index (χ1v) is 7.80. The Morgan fingerprint density at radius 3 is 2.73 bits per heavy atom. The van der Waals surface area contributed by atoms with Gasteiger partial charge in [-0.05, 0) is 37.0 Å². The minimum absolute atomic E-state index is 0.528. The van der Waals surface area contributed by atoms with Crippen LogP contribution in [0.3, 0.4) is 0 Å². The molecule has 0 bridgehead atoms. The van der Waals surface area contributed by atoms with Crippen molar-refractivity contribution in [2.45, 2.75) is 31.6 Å². The van der Waals surface area contributed by atoms with E-state index >= 15 is 0 Å². The molecule has 3 aromatic rings. The first kappa shape index (κ1) is 13.3. The molecule has 3 nitrogen and oxygen atoms in total. The lowest BCUT2D eigenvalue weighted by Gasteiger charge is -2.09. The number of carbonyl (C=O) groups is 1. The molecule has 1 aromatic carbocycles.